The number of aliphatic hydroxyl groups is 2. The van der Waals surface area contributed by atoms with Crippen LogP contribution in [-0.4, -0.2) is 107 Å². The van der Waals surface area contributed by atoms with Crippen LogP contribution in [0.4, 0.5) is 0 Å². The van der Waals surface area contributed by atoms with Crippen LogP contribution in [0.2, 0.25) is 0 Å². The third kappa shape index (κ3) is 7.34. The predicted molar refractivity (Wildman–Crippen MR) is 186 cm³/mol. The second kappa shape index (κ2) is 15.3. The normalized spacial score (nSPS) is 48.5. The Hall–Kier alpha value is -1.15. The van der Waals surface area contributed by atoms with Crippen LogP contribution in [-0.2, 0) is 38.0 Å². The molecule has 288 valence electrons. The summed E-state index contributed by atoms with van der Waals surface area (Å²) in [6.45, 7) is 20.2. The van der Waals surface area contributed by atoms with E-state index in [2.05, 4.69) is 41.2 Å². The van der Waals surface area contributed by atoms with Gasteiger partial charge in [-0.2, -0.15) is 0 Å². The van der Waals surface area contributed by atoms with Gasteiger partial charge in [-0.1, -0.05) is 47.6 Å². The van der Waals surface area contributed by atoms with Gasteiger partial charge in [-0.25, -0.2) is 0 Å². The number of hydrogen-bond donors (Lipinski definition) is 3. The van der Waals surface area contributed by atoms with Crippen LogP contribution in [0.5, 0.6) is 0 Å². The molecule has 0 amide bonds. The maximum atomic E-state index is 12.0. The predicted octanol–water partition coefficient (Wildman–Crippen LogP) is 5.48. The van der Waals surface area contributed by atoms with E-state index in [1.165, 1.54) is 0 Å². The van der Waals surface area contributed by atoms with Crippen LogP contribution in [0.15, 0.2) is 12.7 Å². The van der Waals surface area contributed by atoms with Gasteiger partial charge in [-0.3, -0.25) is 4.79 Å². The molecule has 5 aliphatic rings. The molecule has 50 heavy (non-hydrogen) atoms. The molecule has 0 aromatic heterocycles. The van der Waals surface area contributed by atoms with E-state index in [4.69, 9.17) is 33.2 Å². The molecule has 1 spiro atoms. The zero-order valence-electron chi connectivity index (χ0n) is 32.0. The van der Waals surface area contributed by atoms with Crippen LogP contribution in [0.25, 0.3) is 0 Å². The SMILES string of the molecule is C=CCO[C@H]1C[C@]2(CC[C@@](C)([C@H]3CC[C@@](CC)([C@@H]4O[C@@H]([C@H]5O[C@@](O)(CO)[C@H](C)C[C@@H]5C)C[C@@H]4C)O3)O2)O[C@H]([C@@H](C)[C@@H](OC)[C@H](C)C(=O)O)[C@@H]1C. The van der Waals surface area contributed by atoms with E-state index in [-0.39, 0.29) is 66.2 Å². The van der Waals surface area contributed by atoms with Crippen molar-refractivity contribution in [2.75, 3.05) is 20.3 Å². The molecule has 5 heterocycles. The Balaban J connectivity index is 1.32. The minimum atomic E-state index is -1.56. The molecule has 0 aliphatic carbocycles. The average molecular weight is 711 g/mol. The molecule has 11 heteroatoms. The quantitative estimate of drug-likeness (QED) is 0.209. The molecular weight excluding hydrogens is 644 g/mol. The molecule has 5 aliphatic heterocycles. The number of hydrogen-bond acceptors (Lipinski definition) is 10. The number of carboxylic acids is 1. The highest BCUT2D eigenvalue weighted by Crippen LogP contribution is 2.55. The number of aliphatic hydroxyl groups excluding tert-OH is 1. The zero-order chi connectivity index (χ0) is 36.8. The summed E-state index contributed by atoms with van der Waals surface area (Å²) in [6.07, 6.45) is 5.80. The van der Waals surface area contributed by atoms with Gasteiger partial charge in [0.1, 0.15) is 0 Å². The van der Waals surface area contributed by atoms with Gasteiger partial charge < -0.3 is 48.5 Å². The van der Waals surface area contributed by atoms with E-state index >= 15 is 0 Å². The van der Waals surface area contributed by atoms with Crippen molar-refractivity contribution in [3.8, 4) is 0 Å². The van der Waals surface area contributed by atoms with Gasteiger partial charge in [0, 0.05) is 37.7 Å². The van der Waals surface area contributed by atoms with Crippen molar-refractivity contribution in [1.29, 1.82) is 0 Å². The molecule has 0 saturated carbocycles. The Morgan fingerprint density at radius 2 is 1.78 bits per heavy atom. The lowest BCUT2D eigenvalue weighted by molar-refractivity contribution is -0.338. The highest BCUT2D eigenvalue weighted by atomic mass is 16.7. The fourth-order valence-electron chi connectivity index (χ4n) is 10.3. The molecule has 0 unspecified atom stereocenters. The van der Waals surface area contributed by atoms with Crippen LogP contribution < -0.4 is 0 Å². The lowest BCUT2D eigenvalue weighted by Gasteiger charge is -2.50. The van der Waals surface area contributed by atoms with E-state index in [1.54, 1.807) is 20.1 Å². The number of carboxylic acid groups (broad SMARTS) is 1. The van der Waals surface area contributed by atoms with Gasteiger partial charge in [0.25, 0.3) is 0 Å². The topological polar surface area (TPSA) is 142 Å². The van der Waals surface area contributed by atoms with Crippen LogP contribution >= 0.6 is 0 Å². The summed E-state index contributed by atoms with van der Waals surface area (Å²) in [5.74, 6) is -4.12. The van der Waals surface area contributed by atoms with Crippen molar-refractivity contribution < 1.29 is 53.3 Å². The van der Waals surface area contributed by atoms with Crippen LogP contribution in [0.1, 0.15) is 107 Å². The van der Waals surface area contributed by atoms with Gasteiger partial charge in [-0.15, -0.1) is 6.58 Å². The summed E-state index contributed by atoms with van der Waals surface area (Å²) < 4.78 is 46.4. The number of ether oxygens (including phenoxy) is 7. The van der Waals surface area contributed by atoms with E-state index < -0.39 is 47.4 Å². The molecular formula is C39H66O11. The molecule has 3 N–H and O–H groups in total. The number of methoxy groups -OCH3 is 1. The van der Waals surface area contributed by atoms with Gasteiger partial charge in [-0.05, 0) is 64.2 Å². The molecule has 0 aromatic carbocycles. The van der Waals surface area contributed by atoms with Crippen molar-refractivity contribution >= 4 is 5.97 Å². The molecule has 5 rings (SSSR count). The summed E-state index contributed by atoms with van der Waals surface area (Å²) in [5, 5.41) is 30.8. The fourth-order valence-corrected chi connectivity index (χ4v) is 10.3. The van der Waals surface area contributed by atoms with Crippen LogP contribution in [0.3, 0.4) is 0 Å². The molecule has 5 fully saturated rings. The summed E-state index contributed by atoms with van der Waals surface area (Å²) in [4.78, 5) is 12.0. The lowest BCUT2D eigenvalue weighted by Crippen LogP contribution is -2.57. The largest absolute Gasteiger partial charge is 0.481 e. The monoisotopic (exact) mass is 710 g/mol. The molecule has 5 saturated heterocycles. The first-order valence-electron chi connectivity index (χ1n) is 19.2. The minimum Gasteiger partial charge on any atom is -0.481 e. The molecule has 17 atom stereocenters. The van der Waals surface area contributed by atoms with Gasteiger partial charge in [0.2, 0.25) is 0 Å². The lowest BCUT2D eigenvalue weighted by atomic mass is 9.78. The highest BCUT2D eigenvalue weighted by Gasteiger charge is 2.62. The first-order valence-corrected chi connectivity index (χ1v) is 19.2. The highest BCUT2D eigenvalue weighted by molar-refractivity contribution is 5.70. The number of carbonyl (C=O) groups is 1. The number of aliphatic carboxylic acids is 1. The first-order chi connectivity index (χ1) is 23.5. The van der Waals surface area contributed by atoms with Crippen LogP contribution in [0, 0.1) is 35.5 Å². The second-order valence-corrected chi connectivity index (χ2v) is 16.9. The number of rotatable bonds is 13. The zero-order valence-corrected chi connectivity index (χ0v) is 32.0. The van der Waals surface area contributed by atoms with Gasteiger partial charge in [0.15, 0.2) is 11.6 Å². The van der Waals surface area contributed by atoms with E-state index in [0.717, 1.165) is 38.5 Å². The average Bonchev–Trinajstić information content (AvgIpc) is 3.79. The molecule has 0 bridgehead atoms. The standard InChI is InChI=1S/C39H66O11/c1-11-17-45-29-20-38(48-33(25(29)6)26(7)32(44-10)27(8)35(41)42)16-15-36(9,50-38)30-13-14-37(12-2,47-30)34-23(4)19-28(46-34)31-22(3)18-24(5)39(43,21-40)49-31/h11,22-34,40,43H,1,12-21H2,2-10H3,(H,41,42)/t22-,23-,24+,25+,26-,27-,28+,29-,30+,31-,32+,33-,34+,36-,37-,38+,39-/m0/s1. The minimum absolute atomic E-state index is 0.0264. The van der Waals surface area contributed by atoms with E-state index in [9.17, 15) is 20.1 Å². The third-order valence-corrected chi connectivity index (χ3v) is 13.4. The van der Waals surface area contributed by atoms with Crippen molar-refractivity contribution in [2.45, 2.75) is 172 Å². The van der Waals surface area contributed by atoms with Crippen molar-refractivity contribution in [2.24, 2.45) is 35.5 Å². The van der Waals surface area contributed by atoms with Crippen molar-refractivity contribution in [1.82, 2.24) is 0 Å². The summed E-state index contributed by atoms with van der Waals surface area (Å²) in [6, 6.07) is 0. The van der Waals surface area contributed by atoms with E-state index in [1.807, 2.05) is 13.8 Å². The first kappa shape index (κ1) is 40.0. The van der Waals surface area contributed by atoms with Gasteiger partial charge >= 0.3 is 5.97 Å². The summed E-state index contributed by atoms with van der Waals surface area (Å²) >= 11 is 0. The Kier molecular flexibility index (Phi) is 12.3. The molecule has 0 aromatic rings. The fraction of sp³-hybridized carbons (Fsp3) is 0.923. The smallest absolute Gasteiger partial charge is 0.308 e. The molecule has 11 nitrogen and oxygen atoms in total. The Morgan fingerprint density at radius 1 is 1.06 bits per heavy atom. The molecule has 0 radical (unpaired) electrons. The van der Waals surface area contributed by atoms with E-state index in [0.29, 0.717) is 19.4 Å². The summed E-state index contributed by atoms with van der Waals surface area (Å²) in [5.41, 5.74) is -1.11. The maximum absolute atomic E-state index is 12.0. The second-order valence-electron chi connectivity index (χ2n) is 16.9. The van der Waals surface area contributed by atoms with Crippen molar-refractivity contribution in [3.63, 3.8) is 0 Å². The third-order valence-electron chi connectivity index (χ3n) is 13.4. The Bertz CT molecular complexity index is 1180. The van der Waals surface area contributed by atoms with Gasteiger partial charge in [0.05, 0.1) is 73.1 Å². The Labute approximate surface area is 299 Å². The summed E-state index contributed by atoms with van der Waals surface area (Å²) in [7, 11) is 1.56. The Morgan fingerprint density at radius 3 is 2.40 bits per heavy atom. The van der Waals surface area contributed by atoms with Crippen molar-refractivity contribution in [3.05, 3.63) is 12.7 Å². The maximum Gasteiger partial charge on any atom is 0.308 e.